The second kappa shape index (κ2) is 7.82. The molecule has 0 aliphatic heterocycles. The van der Waals surface area contributed by atoms with Gasteiger partial charge in [0.1, 0.15) is 0 Å². The van der Waals surface area contributed by atoms with Gasteiger partial charge >= 0.3 is 0 Å². The van der Waals surface area contributed by atoms with Gasteiger partial charge in [-0.25, -0.2) is 0 Å². The summed E-state index contributed by atoms with van der Waals surface area (Å²) in [6.45, 7) is 2.76. The van der Waals surface area contributed by atoms with E-state index in [1.165, 1.54) is 5.56 Å². The summed E-state index contributed by atoms with van der Waals surface area (Å²) in [5.41, 5.74) is 3.27. The van der Waals surface area contributed by atoms with E-state index in [0.29, 0.717) is 21.7 Å². The molecule has 2 aromatic carbocycles. The van der Waals surface area contributed by atoms with Crippen LogP contribution in [0.15, 0.2) is 42.5 Å². The smallest absolute Gasteiger partial charge is 0.173 e. The van der Waals surface area contributed by atoms with Crippen LogP contribution in [0, 0.1) is 0 Å². The molecule has 0 atom stereocenters. The molecule has 0 aliphatic rings. The van der Waals surface area contributed by atoms with Crippen molar-refractivity contribution in [1.29, 1.82) is 0 Å². The first-order valence-electron chi connectivity index (χ1n) is 7.04. The number of rotatable bonds is 4. The molecule has 0 aliphatic carbocycles. The quantitative estimate of drug-likeness (QED) is 0.743. The standard InChI is InChI=1S/C17H18Cl2N2S/c1-3-12-4-8-15(9-5-12)20-17(22)21(2)11-13-6-7-14(18)10-16(13)19/h4-10H,3,11H2,1-2H3,(H,20,22). The van der Waals surface area contributed by atoms with Crippen LogP contribution >= 0.6 is 35.4 Å². The summed E-state index contributed by atoms with van der Waals surface area (Å²) in [5, 5.41) is 5.16. The van der Waals surface area contributed by atoms with Crippen molar-refractivity contribution in [2.75, 3.05) is 12.4 Å². The van der Waals surface area contributed by atoms with E-state index >= 15 is 0 Å². The zero-order chi connectivity index (χ0) is 16.1. The zero-order valence-corrected chi connectivity index (χ0v) is 14.9. The highest BCUT2D eigenvalue weighted by Crippen LogP contribution is 2.22. The molecule has 22 heavy (non-hydrogen) atoms. The summed E-state index contributed by atoms with van der Waals surface area (Å²) in [5.74, 6) is 0. The van der Waals surface area contributed by atoms with Gasteiger partial charge in [-0.2, -0.15) is 0 Å². The van der Waals surface area contributed by atoms with Crippen LogP contribution in [-0.2, 0) is 13.0 Å². The lowest BCUT2D eigenvalue weighted by Crippen LogP contribution is -2.30. The monoisotopic (exact) mass is 352 g/mol. The predicted octanol–water partition coefficient (Wildman–Crippen LogP) is 5.38. The number of anilines is 1. The Kier molecular flexibility index (Phi) is 6.07. The second-order valence-corrected chi connectivity index (χ2v) is 6.30. The number of thiocarbonyl (C=S) groups is 1. The van der Waals surface area contributed by atoms with Gasteiger partial charge in [-0.1, -0.05) is 48.3 Å². The third kappa shape index (κ3) is 4.60. The number of nitrogens with zero attached hydrogens (tertiary/aromatic N) is 1. The molecular weight excluding hydrogens is 335 g/mol. The molecular formula is C17H18Cl2N2S. The Morgan fingerprint density at radius 3 is 2.41 bits per heavy atom. The third-order valence-corrected chi connectivity index (χ3v) is 4.38. The lowest BCUT2D eigenvalue weighted by atomic mass is 10.1. The van der Waals surface area contributed by atoms with Gasteiger partial charge in [0.05, 0.1) is 0 Å². The van der Waals surface area contributed by atoms with Crippen molar-refractivity contribution in [2.24, 2.45) is 0 Å². The van der Waals surface area contributed by atoms with Gasteiger partial charge in [0.2, 0.25) is 0 Å². The molecule has 0 aromatic heterocycles. The minimum atomic E-state index is 0.620. The summed E-state index contributed by atoms with van der Waals surface area (Å²) < 4.78 is 0. The first-order chi connectivity index (χ1) is 10.5. The maximum atomic E-state index is 6.20. The second-order valence-electron chi connectivity index (χ2n) is 5.07. The van der Waals surface area contributed by atoms with Crippen LogP contribution in [0.5, 0.6) is 0 Å². The summed E-state index contributed by atoms with van der Waals surface area (Å²) >= 11 is 17.5. The van der Waals surface area contributed by atoms with Crippen molar-refractivity contribution in [2.45, 2.75) is 19.9 Å². The van der Waals surface area contributed by atoms with Crippen LogP contribution in [0.4, 0.5) is 5.69 Å². The Labute approximate surface area is 147 Å². The van der Waals surface area contributed by atoms with Crippen molar-refractivity contribution in [1.82, 2.24) is 4.90 Å². The lowest BCUT2D eigenvalue weighted by Gasteiger charge is -2.22. The van der Waals surface area contributed by atoms with Crippen molar-refractivity contribution >= 4 is 46.2 Å². The molecule has 0 unspecified atom stereocenters. The molecule has 0 saturated heterocycles. The van der Waals surface area contributed by atoms with Gasteiger partial charge in [-0.05, 0) is 54.0 Å². The Morgan fingerprint density at radius 1 is 1.14 bits per heavy atom. The Bertz CT molecular complexity index is 656. The fourth-order valence-corrected chi connectivity index (χ4v) is 2.67. The molecule has 0 amide bonds. The van der Waals surface area contributed by atoms with Gasteiger partial charge in [0.25, 0.3) is 0 Å². The fraction of sp³-hybridized carbons (Fsp3) is 0.235. The number of hydrogen-bond acceptors (Lipinski definition) is 1. The van der Waals surface area contributed by atoms with E-state index in [-0.39, 0.29) is 0 Å². The SMILES string of the molecule is CCc1ccc(NC(=S)N(C)Cc2ccc(Cl)cc2Cl)cc1. The van der Waals surface area contributed by atoms with Crippen molar-refractivity contribution in [3.05, 3.63) is 63.6 Å². The average Bonchev–Trinajstić information content (AvgIpc) is 2.50. The Balaban J connectivity index is 1.99. The number of aryl methyl sites for hydroxylation is 1. The first-order valence-corrected chi connectivity index (χ1v) is 8.21. The van der Waals surface area contributed by atoms with Crippen molar-refractivity contribution < 1.29 is 0 Å². The fourth-order valence-electron chi connectivity index (χ4n) is 2.02. The molecule has 2 rings (SSSR count). The third-order valence-electron chi connectivity index (χ3n) is 3.38. The molecule has 0 saturated carbocycles. The molecule has 0 fully saturated rings. The average molecular weight is 353 g/mol. The van der Waals surface area contributed by atoms with Crippen molar-refractivity contribution in [3.8, 4) is 0 Å². The minimum absolute atomic E-state index is 0.620. The molecule has 1 N–H and O–H groups in total. The van der Waals surface area contributed by atoms with Crippen LogP contribution in [0.2, 0.25) is 10.0 Å². The Hall–Kier alpha value is -1.29. The normalized spacial score (nSPS) is 10.4. The van der Waals surface area contributed by atoms with E-state index in [0.717, 1.165) is 17.7 Å². The van der Waals surface area contributed by atoms with E-state index < -0.39 is 0 Å². The molecule has 0 radical (unpaired) electrons. The largest absolute Gasteiger partial charge is 0.348 e. The minimum Gasteiger partial charge on any atom is -0.348 e. The van der Waals surface area contributed by atoms with Gasteiger partial charge in [-0.15, -0.1) is 0 Å². The highest BCUT2D eigenvalue weighted by Gasteiger charge is 2.08. The Morgan fingerprint density at radius 2 is 1.82 bits per heavy atom. The molecule has 5 heteroatoms. The van der Waals surface area contributed by atoms with E-state index in [1.807, 2.05) is 36.2 Å². The topological polar surface area (TPSA) is 15.3 Å². The van der Waals surface area contributed by atoms with Gasteiger partial charge < -0.3 is 10.2 Å². The summed E-state index contributed by atoms with van der Waals surface area (Å²) in [6.07, 6.45) is 1.03. The summed E-state index contributed by atoms with van der Waals surface area (Å²) in [7, 11) is 1.93. The number of benzene rings is 2. The van der Waals surface area contributed by atoms with Gasteiger partial charge in [0, 0.05) is 29.3 Å². The van der Waals surface area contributed by atoms with Gasteiger partial charge in [0.15, 0.2) is 5.11 Å². The van der Waals surface area contributed by atoms with E-state index in [1.54, 1.807) is 6.07 Å². The van der Waals surface area contributed by atoms with Crippen LogP contribution in [0.1, 0.15) is 18.1 Å². The van der Waals surface area contributed by atoms with E-state index in [2.05, 4.69) is 24.4 Å². The predicted molar refractivity (Wildman–Crippen MR) is 100.0 cm³/mol. The number of halogens is 2. The van der Waals surface area contributed by atoms with Crippen LogP contribution < -0.4 is 5.32 Å². The number of nitrogens with one attached hydrogen (secondary N) is 1. The highest BCUT2D eigenvalue weighted by atomic mass is 35.5. The molecule has 2 nitrogen and oxygen atoms in total. The molecule has 0 heterocycles. The molecule has 0 spiro atoms. The van der Waals surface area contributed by atoms with E-state index in [9.17, 15) is 0 Å². The maximum Gasteiger partial charge on any atom is 0.173 e. The molecule has 0 bridgehead atoms. The maximum absolute atomic E-state index is 6.20. The molecule has 2 aromatic rings. The summed E-state index contributed by atoms with van der Waals surface area (Å²) in [6, 6.07) is 13.8. The molecule has 116 valence electrons. The van der Waals surface area contributed by atoms with Crippen LogP contribution in [-0.4, -0.2) is 17.1 Å². The lowest BCUT2D eigenvalue weighted by molar-refractivity contribution is 0.508. The van der Waals surface area contributed by atoms with Gasteiger partial charge in [-0.3, -0.25) is 0 Å². The first kappa shape index (κ1) is 17.1. The van der Waals surface area contributed by atoms with Crippen molar-refractivity contribution in [3.63, 3.8) is 0 Å². The number of hydrogen-bond donors (Lipinski definition) is 1. The van der Waals surface area contributed by atoms with Crippen LogP contribution in [0.3, 0.4) is 0 Å². The highest BCUT2D eigenvalue weighted by molar-refractivity contribution is 7.80. The van der Waals surface area contributed by atoms with E-state index in [4.69, 9.17) is 35.4 Å². The zero-order valence-electron chi connectivity index (χ0n) is 12.6. The summed E-state index contributed by atoms with van der Waals surface area (Å²) in [4.78, 5) is 1.94. The van der Waals surface area contributed by atoms with Crippen LogP contribution in [0.25, 0.3) is 0 Å².